The van der Waals surface area contributed by atoms with Crippen LogP contribution in [0.4, 0.5) is 6.01 Å². The molecule has 14 heavy (non-hydrogen) atoms. The number of hydrogen-bond acceptors (Lipinski definition) is 6. The van der Waals surface area contributed by atoms with Crippen molar-refractivity contribution in [3.05, 3.63) is 11.7 Å². The molecule has 2 rings (SSSR count). The van der Waals surface area contributed by atoms with Gasteiger partial charge < -0.3 is 9.84 Å². The van der Waals surface area contributed by atoms with E-state index in [0.717, 1.165) is 4.88 Å². The normalized spacial score (nSPS) is 10.8. The Bertz CT molecular complexity index is 395. The van der Waals surface area contributed by atoms with Crippen LogP contribution in [0.5, 0.6) is 0 Å². The van der Waals surface area contributed by atoms with Crippen molar-refractivity contribution >= 4 is 17.4 Å². The van der Waals surface area contributed by atoms with E-state index in [4.69, 9.17) is 4.52 Å². The van der Waals surface area contributed by atoms with E-state index < -0.39 is 0 Å². The lowest BCUT2D eigenvalue weighted by Gasteiger charge is -2.01. The summed E-state index contributed by atoms with van der Waals surface area (Å²) in [6.45, 7) is 4.02. The van der Waals surface area contributed by atoms with Crippen molar-refractivity contribution in [3.63, 3.8) is 0 Å². The van der Waals surface area contributed by atoms with Crippen LogP contribution in [-0.4, -0.2) is 21.2 Å². The van der Waals surface area contributed by atoms with Gasteiger partial charge in [0.2, 0.25) is 5.82 Å². The van der Waals surface area contributed by atoms with E-state index in [9.17, 15) is 0 Å². The maximum absolute atomic E-state index is 5.01. The summed E-state index contributed by atoms with van der Waals surface area (Å²) < 4.78 is 5.01. The second-order valence-corrected chi connectivity index (χ2v) is 3.97. The quantitative estimate of drug-likeness (QED) is 0.839. The summed E-state index contributed by atoms with van der Waals surface area (Å²) in [7, 11) is 0. The molecule has 0 bridgehead atoms. The number of rotatable bonds is 3. The summed E-state index contributed by atoms with van der Waals surface area (Å²) in [4.78, 5) is 9.03. The predicted molar refractivity (Wildman–Crippen MR) is 54.2 cm³/mol. The van der Waals surface area contributed by atoms with Crippen LogP contribution in [0, 0.1) is 0 Å². The molecule has 1 N–H and O–H groups in total. The van der Waals surface area contributed by atoms with Crippen LogP contribution in [0.2, 0.25) is 0 Å². The second-order valence-electron chi connectivity index (χ2n) is 3.09. The Kier molecular flexibility index (Phi) is 2.45. The Labute approximate surface area is 85.2 Å². The van der Waals surface area contributed by atoms with Gasteiger partial charge in [-0.1, -0.05) is 5.16 Å². The zero-order valence-electron chi connectivity index (χ0n) is 7.89. The molecule has 0 fully saturated rings. The highest BCUT2D eigenvalue weighted by Gasteiger charge is 2.09. The largest absolute Gasteiger partial charge is 0.336 e. The summed E-state index contributed by atoms with van der Waals surface area (Å²) in [5, 5.41) is 6.86. The van der Waals surface area contributed by atoms with Crippen molar-refractivity contribution in [2.75, 3.05) is 5.32 Å². The highest BCUT2D eigenvalue weighted by molar-refractivity contribution is 7.13. The molecule has 0 atom stereocenters. The van der Waals surface area contributed by atoms with Crippen molar-refractivity contribution in [1.82, 2.24) is 15.1 Å². The fraction of sp³-hybridized carbons (Fsp3) is 0.375. The molecule has 6 heteroatoms. The molecule has 0 saturated heterocycles. The molecule has 0 aromatic carbocycles. The van der Waals surface area contributed by atoms with Crippen LogP contribution < -0.4 is 5.32 Å². The minimum absolute atomic E-state index is 0.282. The molecule has 5 nitrogen and oxygen atoms in total. The van der Waals surface area contributed by atoms with Crippen molar-refractivity contribution in [2.45, 2.75) is 19.9 Å². The average molecular weight is 210 g/mol. The van der Waals surface area contributed by atoms with E-state index in [-0.39, 0.29) is 6.04 Å². The van der Waals surface area contributed by atoms with Crippen molar-refractivity contribution in [2.24, 2.45) is 0 Å². The van der Waals surface area contributed by atoms with Crippen LogP contribution in [0.15, 0.2) is 16.2 Å². The molecule has 74 valence electrons. The van der Waals surface area contributed by atoms with Gasteiger partial charge in [0.1, 0.15) is 0 Å². The topological polar surface area (TPSA) is 63.8 Å². The number of thiazole rings is 1. The van der Waals surface area contributed by atoms with Crippen molar-refractivity contribution < 1.29 is 4.52 Å². The van der Waals surface area contributed by atoms with Gasteiger partial charge in [0, 0.05) is 12.2 Å². The van der Waals surface area contributed by atoms with Gasteiger partial charge in [0.25, 0.3) is 0 Å². The maximum Gasteiger partial charge on any atom is 0.322 e. The van der Waals surface area contributed by atoms with Crippen LogP contribution >= 0.6 is 11.3 Å². The number of nitrogens with one attached hydrogen (secondary N) is 1. The SMILES string of the molecule is CC(C)Nc1nc(-c2cncs2)no1. The summed E-state index contributed by atoms with van der Waals surface area (Å²) in [5.74, 6) is 0.579. The number of nitrogens with zero attached hydrogens (tertiary/aromatic N) is 3. The Morgan fingerprint density at radius 1 is 1.50 bits per heavy atom. The minimum atomic E-state index is 0.282. The Hall–Kier alpha value is -1.43. The van der Waals surface area contributed by atoms with Gasteiger partial charge in [-0.2, -0.15) is 4.98 Å². The molecular formula is C8H10N4OS. The number of hydrogen-bond donors (Lipinski definition) is 1. The van der Waals surface area contributed by atoms with Gasteiger partial charge in [0.15, 0.2) is 0 Å². The molecule has 0 aliphatic heterocycles. The van der Waals surface area contributed by atoms with Gasteiger partial charge in [0.05, 0.1) is 10.4 Å². The smallest absolute Gasteiger partial charge is 0.322 e. The zero-order chi connectivity index (χ0) is 9.97. The van der Waals surface area contributed by atoms with E-state index in [0.29, 0.717) is 11.8 Å². The van der Waals surface area contributed by atoms with Crippen molar-refractivity contribution in [3.8, 4) is 10.7 Å². The zero-order valence-corrected chi connectivity index (χ0v) is 8.71. The van der Waals surface area contributed by atoms with Crippen LogP contribution in [0.3, 0.4) is 0 Å². The van der Waals surface area contributed by atoms with Crippen molar-refractivity contribution in [1.29, 1.82) is 0 Å². The lowest BCUT2D eigenvalue weighted by atomic mass is 10.4. The summed E-state index contributed by atoms with van der Waals surface area (Å²) in [6, 6.07) is 0.730. The maximum atomic E-state index is 5.01. The lowest BCUT2D eigenvalue weighted by Crippen LogP contribution is -2.09. The summed E-state index contributed by atoms with van der Waals surface area (Å²) >= 11 is 1.48. The summed E-state index contributed by atoms with van der Waals surface area (Å²) in [6.07, 6.45) is 1.72. The Morgan fingerprint density at radius 2 is 2.36 bits per heavy atom. The third kappa shape index (κ3) is 1.90. The van der Waals surface area contributed by atoms with Gasteiger partial charge in [-0.25, -0.2) is 0 Å². The first kappa shape index (κ1) is 9.14. The third-order valence-electron chi connectivity index (χ3n) is 1.49. The fourth-order valence-corrected chi connectivity index (χ4v) is 1.50. The van der Waals surface area contributed by atoms with E-state index in [1.165, 1.54) is 11.3 Å². The predicted octanol–water partition coefficient (Wildman–Crippen LogP) is 2.01. The van der Waals surface area contributed by atoms with Gasteiger partial charge in [-0.3, -0.25) is 4.98 Å². The van der Waals surface area contributed by atoms with E-state index in [2.05, 4.69) is 20.4 Å². The molecule has 2 aromatic rings. The molecule has 2 aromatic heterocycles. The Balaban J connectivity index is 2.18. The molecule has 0 aliphatic rings. The standard InChI is InChI=1S/C8H10N4OS/c1-5(2)10-8-11-7(12-13-8)6-3-9-4-14-6/h3-5H,1-2H3,(H,10,11,12). The van der Waals surface area contributed by atoms with E-state index in [1.807, 2.05) is 13.8 Å². The first-order valence-electron chi connectivity index (χ1n) is 4.25. The second kappa shape index (κ2) is 3.75. The molecular weight excluding hydrogens is 200 g/mol. The third-order valence-corrected chi connectivity index (χ3v) is 2.26. The molecule has 0 saturated carbocycles. The molecule has 0 spiro atoms. The first-order chi connectivity index (χ1) is 6.75. The molecule has 0 radical (unpaired) electrons. The minimum Gasteiger partial charge on any atom is -0.336 e. The summed E-state index contributed by atoms with van der Waals surface area (Å²) in [5.41, 5.74) is 1.74. The van der Waals surface area contributed by atoms with Crippen LogP contribution in [-0.2, 0) is 0 Å². The van der Waals surface area contributed by atoms with Crippen LogP contribution in [0.1, 0.15) is 13.8 Å². The lowest BCUT2D eigenvalue weighted by molar-refractivity contribution is 0.429. The monoisotopic (exact) mass is 210 g/mol. The Morgan fingerprint density at radius 3 is 3.00 bits per heavy atom. The first-order valence-corrected chi connectivity index (χ1v) is 5.13. The fourth-order valence-electron chi connectivity index (χ4n) is 0.955. The molecule has 0 unspecified atom stereocenters. The molecule has 0 amide bonds. The number of aromatic nitrogens is 3. The molecule has 2 heterocycles. The molecule has 0 aliphatic carbocycles. The average Bonchev–Trinajstić information content (AvgIpc) is 2.69. The van der Waals surface area contributed by atoms with Gasteiger partial charge in [-0.05, 0) is 13.8 Å². The van der Waals surface area contributed by atoms with E-state index >= 15 is 0 Å². The van der Waals surface area contributed by atoms with Gasteiger partial charge in [-0.15, -0.1) is 11.3 Å². The highest BCUT2D eigenvalue weighted by atomic mass is 32.1. The van der Waals surface area contributed by atoms with E-state index in [1.54, 1.807) is 11.7 Å². The number of anilines is 1. The highest BCUT2D eigenvalue weighted by Crippen LogP contribution is 2.20. The van der Waals surface area contributed by atoms with Gasteiger partial charge >= 0.3 is 6.01 Å². The van der Waals surface area contributed by atoms with Crippen LogP contribution in [0.25, 0.3) is 10.7 Å².